The molecule has 3 aliphatic rings. The molecule has 3 fully saturated rings. The van der Waals surface area contributed by atoms with Crippen LogP contribution >= 0.6 is 0 Å². The van der Waals surface area contributed by atoms with Crippen molar-refractivity contribution in [3.63, 3.8) is 0 Å². The highest BCUT2D eigenvalue weighted by Crippen LogP contribution is 2.43. The third-order valence-corrected chi connectivity index (χ3v) is 4.88. The summed E-state index contributed by atoms with van der Waals surface area (Å²) in [6.07, 6.45) is 1.43. The Balaban J connectivity index is 2.04. The standard InChI is InChI=1S/C16H20N2O2/c1-11(12-7-5-4-6-8-12)18-14(20)15(2)9-10-16(18,3)13(19)17-15/h4-8,11H,9-10H2,1-3H3,(H,17,19)/t11-,15-,16-/m1/s1. The van der Waals surface area contributed by atoms with Gasteiger partial charge < -0.3 is 10.2 Å². The summed E-state index contributed by atoms with van der Waals surface area (Å²) in [5, 5.41) is 2.89. The second-order valence-electron chi connectivity index (χ2n) is 6.32. The van der Waals surface area contributed by atoms with Crippen molar-refractivity contribution in [3.05, 3.63) is 35.9 Å². The highest BCUT2D eigenvalue weighted by molar-refractivity contribution is 6.03. The summed E-state index contributed by atoms with van der Waals surface area (Å²) in [7, 11) is 0. The predicted molar refractivity (Wildman–Crippen MR) is 75.9 cm³/mol. The van der Waals surface area contributed by atoms with Crippen LogP contribution in [0.3, 0.4) is 0 Å². The van der Waals surface area contributed by atoms with Crippen LogP contribution < -0.4 is 5.32 Å². The Hall–Kier alpha value is -1.84. The van der Waals surface area contributed by atoms with Crippen LogP contribution in [0, 0.1) is 0 Å². The molecular weight excluding hydrogens is 252 g/mol. The van der Waals surface area contributed by atoms with Gasteiger partial charge in [0.1, 0.15) is 11.1 Å². The maximum atomic E-state index is 12.8. The summed E-state index contributed by atoms with van der Waals surface area (Å²) in [6.45, 7) is 5.70. The molecule has 1 aromatic rings. The van der Waals surface area contributed by atoms with E-state index in [1.54, 1.807) is 4.90 Å². The first-order valence-corrected chi connectivity index (χ1v) is 7.10. The number of nitrogens with one attached hydrogen (secondary N) is 1. The molecular formula is C16H20N2O2. The van der Waals surface area contributed by atoms with Gasteiger partial charge >= 0.3 is 0 Å². The summed E-state index contributed by atoms with van der Waals surface area (Å²) in [4.78, 5) is 26.9. The lowest BCUT2D eigenvalue weighted by atomic mass is 9.72. The van der Waals surface area contributed by atoms with Gasteiger partial charge in [-0.15, -0.1) is 0 Å². The Labute approximate surface area is 119 Å². The van der Waals surface area contributed by atoms with Crippen LogP contribution in [-0.2, 0) is 9.59 Å². The highest BCUT2D eigenvalue weighted by atomic mass is 16.2. The number of hydrogen-bond acceptors (Lipinski definition) is 2. The zero-order chi connectivity index (χ0) is 14.5. The summed E-state index contributed by atoms with van der Waals surface area (Å²) in [6, 6.07) is 9.79. The molecule has 0 aliphatic carbocycles. The molecule has 3 saturated heterocycles. The molecule has 4 rings (SSSR count). The van der Waals surface area contributed by atoms with Crippen LogP contribution in [-0.4, -0.2) is 27.8 Å². The first kappa shape index (κ1) is 13.2. The normalized spacial score (nSPS) is 34.0. The molecule has 1 N–H and O–H groups in total. The van der Waals surface area contributed by atoms with Gasteiger partial charge in [-0.3, -0.25) is 9.59 Å². The van der Waals surface area contributed by atoms with E-state index in [1.165, 1.54) is 0 Å². The van der Waals surface area contributed by atoms with Gasteiger partial charge in [0, 0.05) is 0 Å². The molecule has 0 saturated carbocycles. The van der Waals surface area contributed by atoms with Crippen molar-refractivity contribution in [2.24, 2.45) is 0 Å². The van der Waals surface area contributed by atoms with Crippen molar-refractivity contribution in [1.82, 2.24) is 10.2 Å². The van der Waals surface area contributed by atoms with E-state index in [0.29, 0.717) is 6.42 Å². The van der Waals surface area contributed by atoms with Crippen molar-refractivity contribution in [3.8, 4) is 0 Å². The van der Waals surface area contributed by atoms with Gasteiger partial charge in [-0.25, -0.2) is 0 Å². The molecule has 2 amide bonds. The fourth-order valence-electron chi connectivity index (χ4n) is 3.42. The van der Waals surface area contributed by atoms with E-state index >= 15 is 0 Å². The zero-order valence-corrected chi connectivity index (χ0v) is 12.1. The van der Waals surface area contributed by atoms with E-state index in [0.717, 1.165) is 12.0 Å². The maximum absolute atomic E-state index is 12.8. The van der Waals surface area contributed by atoms with E-state index in [9.17, 15) is 9.59 Å². The quantitative estimate of drug-likeness (QED) is 0.895. The minimum absolute atomic E-state index is 0.0298. The molecule has 0 spiro atoms. The minimum Gasteiger partial charge on any atom is -0.340 e. The van der Waals surface area contributed by atoms with Gasteiger partial charge in [0.05, 0.1) is 6.04 Å². The fraction of sp³-hybridized carbons (Fsp3) is 0.500. The van der Waals surface area contributed by atoms with Gasteiger partial charge in [0.25, 0.3) is 0 Å². The average molecular weight is 272 g/mol. The third kappa shape index (κ3) is 1.60. The Morgan fingerprint density at radius 1 is 1.15 bits per heavy atom. The Morgan fingerprint density at radius 2 is 1.80 bits per heavy atom. The molecule has 0 aromatic heterocycles. The molecule has 20 heavy (non-hydrogen) atoms. The second kappa shape index (κ2) is 4.08. The molecule has 3 heterocycles. The first-order valence-electron chi connectivity index (χ1n) is 7.10. The molecule has 0 unspecified atom stereocenters. The number of nitrogens with zero attached hydrogens (tertiary/aromatic N) is 1. The van der Waals surface area contributed by atoms with E-state index in [-0.39, 0.29) is 17.9 Å². The molecule has 4 heteroatoms. The van der Waals surface area contributed by atoms with Crippen molar-refractivity contribution in [2.75, 3.05) is 0 Å². The number of hydrogen-bond donors (Lipinski definition) is 1. The maximum Gasteiger partial charge on any atom is 0.249 e. The number of carbonyl (C=O) groups is 2. The van der Waals surface area contributed by atoms with Gasteiger partial charge in [-0.1, -0.05) is 30.3 Å². The number of amides is 2. The van der Waals surface area contributed by atoms with Crippen LogP contribution in [0.4, 0.5) is 0 Å². The molecule has 4 nitrogen and oxygen atoms in total. The molecule has 2 bridgehead atoms. The smallest absolute Gasteiger partial charge is 0.249 e. The second-order valence-corrected chi connectivity index (χ2v) is 6.32. The van der Waals surface area contributed by atoms with Crippen molar-refractivity contribution in [1.29, 1.82) is 0 Å². The number of piperidine rings is 2. The number of rotatable bonds is 2. The lowest BCUT2D eigenvalue weighted by molar-refractivity contribution is -0.173. The topological polar surface area (TPSA) is 49.4 Å². The Kier molecular flexibility index (Phi) is 2.68. The Bertz CT molecular complexity index is 571. The molecule has 3 aliphatic heterocycles. The zero-order valence-electron chi connectivity index (χ0n) is 12.1. The monoisotopic (exact) mass is 272 g/mol. The van der Waals surface area contributed by atoms with Crippen molar-refractivity contribution in [2.45, 2.75) is 50.7 Å². The van der Waals surface area contributed by atoms with Crippen LogP contribution in [0.1, 0.15) is 45.2 Å². The van der Waals surface area contributed by atoms with E-state index in [2.05, 4.69) is 5.32 Å². The number of piperazine rings is 1. The summed E-state index contributed by atoms with van der Waals surface area (Å²) in [5.74, 6) is -0.00386. The van der Waals surface area contributed by atoms with Crippen molar-refractivity contribution >= 4 is 11.8 Å². The van der Waals surface area contributed by atoms with Crippen LogP contribution in [0.25, 0.3) is 0 Å². The van der Waals surface area contributed by atoms with Gasteiger partial charge in [-0.2, -0.15) is 0 Å². The van der Waals surface area contributed by atoms with Crippen LogP contribution in [0.5, 0.6) is 0 Å². The number of benzene rings is 1. The molecule has 0 radical (unpaired) electrons. The van der Waals surface area contributed by atoms with E-state index in [4.69, 9.17) is 0 Å². The number of carbonyl (C=O) groups excluding carboxylic acids is 2. The van der Waals surface area contributed by atoms with Crippen LogP contribution in [0.2, 0.25) is 0 Å². The number of fused-ring (bicyclic) bond motifs is 3. The highest BCUT2D eigenvalue weighted by Gasteiger charge is 2.60. The lowest BCUT2D eigenvalue weighted by Gasteiger charge is -2.57. The molecule has 3 atom stereocenters. The Morgan fingerprint density at radius 3 is 2.40 bits per heavy atom. The summed E-state index contributed by atoms with van der Waals surface area (Å²) >= 11 is 0. The molecule has 1 aromatic carbocycles. The van der Waals surface area contributed by atoms with Gasteiger partial charge in [0.2, 0.25) is 11.8 Å². The SMILES string of the molecule is C[C@H](c1ccccc1)N1C(=O)[C@@]2(C)CC[C@]1(C)C(=O)N2. The minimum atomic E-state index is -0.738. The van der Waals surface area contributed by atoms with Gasteiger partial charge in [0.15, 0.2) is 0 Å². The van der Waals surface area contributed by atoms with Crippen molar-refractivity contribution < 1.29 is 9.59 Å². The lowest BCUT2D eigenvalue weighted by Crippen LogP contribution is -2.78. The average Bonchev–Trinajstić information content (AvgIpc) is 2.43. The van der Waals surface area contributed by atoms with E-state index < -0.39 is 11.1 Å². The third-order valence-electron chi connectivity index (χ3n) is 4.88. The van der Waals surface area contributed by atoms with Crippen LogP contribution in [0.15, 0.2) is 30.3 Å². The fourth-order valence-corrected chi connectivity index (χ4v) is 3.42. The predicted octanol–water partition coefficient (Wildman–Crippen LogP) is 2.02. The van der Waals surface area contributed by atoms with Gasteiger partial charge in [-0.05, 0) is 39.2 Å². The summed E-state index contributed by atoms with van der Waals surface area (Å²) in [5.41, 5.74) is -0.409. The first-order chi connectivity index (χ1) is 9.38. The summed E-state index contributed by atoms with van der Waals surface area (Å²) < 4.78 is 0. The molecule has 106 valence electrons. The largest absolute Gasteiger partial charge is 0.340 e. The van der Waals surface area contributed by atoms with E-state index in [1.807, 2.05) is 51.1 Å².